The highest BCUT2D eigenvalue weighted by Gasteiger charge is 2.25. The Balaban J connectivity index is 1.91. The quantitative estimate of drug-likeness (QED) is 0.716. The number of hydrogen-bond acceptors (Lipinski definition) is 2. The van der Waals surface area contributed by atoms with Crippen molar-refractivity contribution < 1.29 is 9.15 Å². The third-order valence-electron chi connectivity index (χ3n) is 3.33. The van der Waals surface area contributed by atoms with E-state index in [4.69, 9.17) is 9.15 Å². The Bertz CT molecular complexity index is 412. The molecule has 0 bridgehead atoms. The fourth-order valence-corrected chi connectivity index (χ4v) is 2.53. The summed E-state index contributed by atoms with van der Waals surface area (Å²) in [6.45, 7) is 0.853. The van der Waals surface area contributed by atoms with Gasteiger partial charge in [-0.15, -0.1) is 0 Å². The molecule has 0 N–H and O–H groups in total. The maximum atomic E-state index is 5.80. The molecule has 3 rings (SSSR count). The van der Waals surface area contributed by atoms with Crippen LogP contribution in [0.1, 0.15) is 31.2 Å². The molecule has 2 nitrogen and oxygen atoms in total. The number of allylic oxidation sites excluding steroid dienone is 1. The van der Waals surface area contributed by atoms with Crippen LogP contribution in [0.15, 0.2) is 40.2 Å². The summed E-state index contributed by atoms with van der Waals surface area (Å²) in [5.41, 5.74) is 4.00. The highest BCUT2D eigenvalue weighted by molar-refractivity contribution is 5.59. The van der Waals surface area contributed by atoms with E-state index in [0.717, 1.165) is 18.6 Å². The standard InChI is InChI=1S/C14H16O2/c1-2-4-14-13(3-1)12(6-8-16-14)9-11-5-7-15-10-11/h3,5,7,9-10,14H,1-2,4,6,8H2/b12-9-. The SMILES string of the molecule is C1=C2/C(=C\c3ccoc3)CCOC2CCC1. The molecule has 2 heterocycles. The van der Waals surface area contributed by atoms with Crippen LogP contribution in [0.2, 0.25) is 0 Å². The number of fused-ring (bicyclic) bond motifs is 1. The van der Waals surface area contributed by atoms with Crippen LogP contribution in [0.4, 0.5) is 0 Å². The smallest absolute Gasteiger partial charge is 0.0974 e. The zero-order valence-corrected chi connectivity index (χ0v) is 9.32. The lowest BCUT2D eigenvalue weighted by Crippen LogP contribution is -2.25. The lowest BCUT2D eigenvalue weighted by atomic mass is 9.87. The summed E-state index contributed by atoms with van der Waals surface area (Å²) in [6, 6.07) is 2.00. The number of rotatable bonds is 1. The van der Waals surface area contributed by atoms with Crippen molar-refractivity contribution in [3.05, 3.63) is 41.4 Å². The van der Waals surface area contributed by atoms with Gasteiger partial charge in [0, 0.05) is 5.56 Å². The van der Waals surface area contributed by atoms with Gasteiger partial charge in [0.25, 0.3) is 0 Å². The Morgan fingerprint density at radius 1 is 1.38 bits per heavy atom. The van der Waals surface area contributed by atoms with Gasteiger partial charge in [0.05, 0.1) is 25.2 Å². The molecule has 0 radical (unpaired) electrons. The maximum absolute atomic E-state index is 5.80. The minimum Gasteiger partial charge on any atom is -0.472 e. The highest BCUT2D eigenvalue weighted by Crippen LogP contribution is 2.33. The normalized spacial score (nSPS) is 27.6. The monoisotopic (exact) mass is 216 g/mol. The average molecular weight is 216 g/mol. The van der Waals surface area contributed by atoms with Crippen LogP contribution >= 0.6 is 0 Å². The summed E-state index contributed by atoms with van der Waals surface area (Å²) in [4.78, 5) is 0. The third kappa shape index (κ3) is 1.85. The first-order valence-corrected chi connectivity index (χ1v) is 5.98. The minimum absolute atomic E-state index is 0.348. The molecule has 16 heavy (non-hydrogen) atoms. The molecule has 1 unspecified atom stereocenters. The van der Waals surface area contributed by atoms with Crippen LogP contribution in [-0.2, 0) is 4.74 Å². The van der Waals surface area contributed by atoms with Gasteiger partial charge >= 0.3 is 0 Å². The predicted molar refractivity (Wildman–Crippen MR) is 63.0 cm³/mol. The van der Waals surface area contributed by atoms with Crippen LogP contribution in [0.25, 0.3) is 6.08 Å². The van der Waals surface area contributed by atoms with Crippen molar-refractivity contribution in [1.29, 1.82) is 0 Å². The first kappa shape index (κ1) is 9.91. The Hall–Kier alpha value is -1.28. The van der Waals surface area contributed by atoms with Crippen molar-refractivity contribution in [2.75, 3.05) is 6.61 Å². The van der Waals surface area contributed by atoms with Gasteiger partial charge in [-0.2, -0.15) is 0 Å². The number of hydrogen-bond donors (Lipinski definition) is 0. The van der Waals surface area contributed by atoms with Crippen LogP contribution in [0.3, 0.4) is 0 Å². The molecule has 1 saturated heterocycles. The van der Waals surface area contributed by atoms with Crippen LogP contribution in [0, 0.1) is 0 Å². The van der Waals surface area contributed by atoms with Crippen molar-refractivity contribution >= 4 is 6.08 Å². The summed E-state index contributed by atoms with van der Waals surface area (Å²) in [5, 5.41) is 0. The Morgan fingerprint density at radius 2 is 2.38 bits per heavy atom. The topological polar surface area (TPSA) is 22.4 Å². The molecule has 84 valence electrons. The van der Waals surface area contributed by atoms with E-state index in [0.29, 0.717) is 6.10 Å². The first-order valence-electron chi connectivity index (χ1n) is 5.98. The van der Waals surface area contributed by atoms with E-state index in [1.54, 1.807) is 12.5 Å². The van der Waals surface area contributed by atoms with E-state index in [-0.39, 0.29) is 0 Å². The molecule has 2 aliphatic rings. The summed E-state index contributed by atoms with van der Waals surface area (Å²) in [6.07, 6.45) is 13.1. The number of ether oxygens (including phenoxy) is 1. The van der Waals surface area contributed by atoms with E-state index in [2.05, 4.69) is 12.2 Å². The van der Waals surface area contributed by atoms with Crippen LogP contribution in [0.5, 0.6) is 0 Å². The Morgan fingerprint density at radius 3 is 3.25 bits per heavy atom. The van der Waals surface area contributed by atoms with Crippen molar-refractivity contribution in [1.82, 2.24) is 0 Å². The van der Waals surface area contributed by atoms with Crippen molar-refractivity contribution in [2.45, 2.75) is 31.8 Å². The second-order valence-electron chi connectivity index (χ2n) is 4.43. The second kappa shape index (κ2) is 4.30. The van der Waals surface area contributed by atoms with Crippen LogP contribution < -0.4 is 0 Å². The molecule has 1 aromatic heterocycles. The molecular weight excluding hydrogens is 200 g/mol. The van der Waals surface area contributed by atoms with Gasteiger partial charge in [-0.1, -0.05) is 6.08 Å². The maximum Gasteiger partial charge on any atom is 0.0974 e. The summed E-state index contributed by atoms with van der Waals surface area (Å²) >= 11 is 0. The Kier molecular flexibility index (Phi) is 2.66. The van der Waals surface area contributed by atoms with E-state index in [1.807, 2.05) is 6.07 Å². The largest absolute Gasteiger partial charge is 0.472 e. The van der Waals surface area contributed by atoms with Gasteiger partial charge in [0.2, 0.25) is 0 Å². The van der Waals surface area contributed by atoms with E-state index in [9.17, 15) is 0 Å². The zero-order valence-electron chi connectivity index (χ0n) is 9.32. The molecule has 1 aliphatic carbocycles. The van der Waals surface area contributed by atoms with Gasteiger partial charge in [0.1, 0.15) is 0 Å². The highest BCUT2D eigenvalue weighted by atomic mass is 16.5. The Labute approximate surface area is 95.6 Å². The van der Waals surface area contributed by atoms with E-state index < -0.39 is 0 Å². The molecule has 1 aromatic rings. The average Bonchev–Trinajstić information content (AvgIpc) is 2.82. The molecule has 1 fully saturated rings. The predicted octanol–water partition coefficient (Wildman–Crippen LogP) is 3.56. The summed E-state index contributed by atoms with van der Waals surface area (Å²) in [7, 11) is 0. The van der Waals surface area contributed by atoms with Gasteiger partial charge in [-0.3, -0.25) is 0 Å². The molecular formula is C14H16O2. The third-order valence-corrected chi connectivity index (χ3v) is 3.33. The number of furan rings is 1. The minimum atomic E-state index is 0.348. The zero-order chi connectivity index (χ0) is 10.8. The lowest BCUT2D eigenvalue weighted by molar-refractivity contribution is 0.0570. The van der Waals surface area contributed by atoms with E-state index >= 15 is 0 Å². The summed E-state index contributed by atoms with van der Waals surface area (Å²) in [5.74, 6) is 0. The van der Waals surface area contributed by atoms with Gasteiger partial charge in [0.15, 0.2) is 0 Å². The fraction of sp³-hybridized carbons (Fsp3) is 0.429. The molecule has 0 amide bonds. The fourth-order valence-electron chi connectivity index (χ4n) is 2.53. The van der Waals surface area contributed by atoms with Gasteiger partial charge < -0.3 is 9.15 Å². The van der Waals surface area contributed by atoms with Gasteiger partial charge in [-0.25, -0.2) is 0 Å². The lowest BCUT2D eigenvalue weighted by Gasteiger charge is -2.31. The summed E-state index contributed by atoms with van der Waals surface area (Å²) < 4.78 is 10.9. The van der Waals surface area contributed by atoms with Crippen molar-refractivity contribution in [3.63, 3.8) is 0 Å². The molecule has 0 spiro atoms. The molecule has 1 atom stereocenters. The molecule has 2 heteroatoms. The second-order valence-corrected chi connectivity index (χ2v) is 4.43. The van der Waals surface area contributed by atoms with Crippen molar-refractivity contribution in [2.24, 2.45) is 0 Å². The van der Waals surface area contributed by atoms with E-state index in [1.165, 1.54) is 30.4 Å². The van der Waals surface area contributed by atoms with Gasteiger partial charge in [-0.05, 0) is 49.0 Å². The van der Waals surface area contributed by atoms with Crippen LogP contribution in [-0.4, -0.2) is 12.7 Å². The molecule has 1 aliphatic heterocycles. The van der Waals surface area contributed by atoms with Crippen molar-refractivity contribution in [3.8, 4) is 0 Å². The molecule has 0 aromatic carbocycles. The molecule has 0 saturated carbocycles. The first-order chi connectivity index (χ1) is 7.93.